The van der Waals surface area contributed by atoms with Gasteiger partial charge < -0.3 is 10.2 Å². The Kier molecular flexibility index (Phi) is 4.50. The summed E-state index contributed by atoms with van der Waals surface area (Å²) in [6, 6.07) is 0.360. The number of nitrogens with zero attached hydrogens (tertiary/aromatic N) is 1. The van der Waals surface area contributed by atoms with Gasteiger partial charge in [0.1, 0.15) is 11.9 Å². The fourth-order valence-corrected chi connectivity index (χ4v) is 2.30. The van der Waals surface area contributed by atoms with E-state index >= 15 is 0 Å². The van der Waals surface area contributed by atoms with Crippen molar-refractivity contribution in [2.75, 3.05) is 11.4 Å². The number of benzene rings is 1. The number of carbonyl (C=O) groups excluding carboxylic acids is 2. The highest BCUT2D eigenvalue weighted by Gasteiger charge is 2.32. The minimum Gasteiger partial charge on any atom is -0.344 e. The summed E-state index contributed by atoms with van der Waals surface area (Å²) in [5.41, 5.74) is -0.477. The van der Waals surface area contributed by atoms with Crippen LogP contribution in [0.4, 0.5) is 18.9 Å². The number of anilines is 1. The number of halogens is 3. The molecule has 2 amide bonds. The molecule has 1 saturated heterocycles. The number of hydrogen-bond acceptors (Lipinski definition) is 2. The van der Waals surface area contributed by atoms with Gasteiger partial charge in [-0.05, 0) is 6.42 Å². The second-order valence-corrected chi connectivity index (χ2v) is 4.87. The van der Waals surface area contributed by atoms with Gasteiger partial charge in [0.25, 0.3) is 0 Å². The van der Waals surface area contributed by atoms with Crippen molar-refractivity contribution >= 4 is 17.5 Å². The molecule has 0 aliphatic carbocycles. The third-order valence-electron chi connectivity index (χ3n) is 3.30. The lowest BCUT2D eigenvalue weighted by Crippen LogP contribution is -2.45. The number of carbonyl (C=O) groups is 2. The SMILES string of the molecule is CCCC1NC(=O)CCN(c2cc(F)cc(F)c2F)C1=O. The average Bonchev–Trinajstić information content (AvgIpc) is 2.55. The van der Waals surface area contributed by atoms with Gasteiger partial charge in [-0.2, -0.15) is 0 Å². The van der Waals surface area contributed by atoms with E-state index in [2.05, 4.69) is 5.32 Å². The molecule has 0 aromatic heterocycles. The summed E-state index contributed by atoms with van der Waals surface area (Å²) in [7, 11) is 0. The van der Waals surface area contributed by atoms with E-state index in [-0.39, 0.29) is 18.9 Å². The zero-order chi connectivity index (χ0) is 15.6. The van der Waals surface area contributed by atoms with E-state index < -0.39 is 35.1 Å². The monoisotopic (exact) mass is 300 g/mol. The smallest absolute Gasteiger partial charge is 0.249 e. The van der Waals surface area contributed by atoms with Crippen molar-refractivity contribution in [3.05, 3.63) is 29.6 Å². The Labute approximate surface area is 119 Å². The predicted molar refractivity (Wildman–Crippen MR) is 70.1 cm³/mol. The van der Waals surface area contributed by atoms with Crippen molar-refractivity contribution in [1.82, 2.24) is 5.32 Å². The van der Waals surface area contributed by atoms with Crippen molar-refractivity contribution < 1.29 is 22.8 Å². The molecule has 0 bridgehead atoms. The summed E-state index contributed by atoms with van der Waals surface area (Å²) in [4.78, 5) is 24.9. The average molecular weight is 300 g/mol. The van der Waals surface area contributed by atoms with E-state index in [1.165, 1.54) is 0 Å². The largest absolute Gasteiger partial charge is 0.344 e. The van der Waals surface area contributed by atoms with Gasteiger partial charge in [0, 0.05) is 25.1 Å². The molecule has 0 saturated carbocycles. The lowest BCUT2D eigenvalue weighted by atomic mass is 10.1. The standard InChI is InChI=1S/C14H15F3N2O2/c1-2-3-10-14(21)19(5-4-12(20)18-10)11-7-8(15)6-9(16)13(11)17/h6-7,10H,2-5H2,1H3,(H,18,20). The first kappa shape index (κ1) is 15.3. The first-order valence-electron chi connectivity index (χ1n) is 6.69. The second kappa shape index (κ2) is 6.15. The molecule has 21 heavy (non-hydrogen) atoms. The summed E-state index contributed by atoms with van der Waals surface area (Å²) in [5, 5.41) is 2.54. The van der Waals surface area contributed by atoms with Crippen LogP contribution < -0.4 is 10.2 Å². The highest BCUT2D eigenvalue weighted by Crippen LogP contribution is 2.25. The van der Waals surface area contributed by atoms with Crippen molar-refractivity contribution in [1.29, 1.82) is 0 Å². The van der Waals surface area contributed by atoms with E-state index in [4.69, 9.17) is 0 Å². The van der Waals surface area contributed by atoms with Gasteiger partial charge in [0.15, 0.2) is 11.6 Å². The molecule has 0 radical (unpaired) electrons. The third kappa shape index (κ3) is 3.17. The lowest BCUT2D eigenvalue weighted by molar-refractivity contribution is -0.125. The highest BCUT2D eigenvalue weighted by molar-refractivity contribution is 6.01. The quantitative estimate of drug-likeness (QED) is 0.869. The van der Waals surface area contributed by atoms with Gasteiger partial charge in [-0.25, -0.2) is 13.2 Å². The molecule has 1 aromatic carbocycles. The molecule has 1 fully saturated rings. The summed E-state index contributed by atoms with van der Waals surface area (Å²) < 4.78 is 40.4. The van der Waals surface area contributed by atoms with Gasteiger partial charge >= 0.3 is 0 Å². The Bertz CT molecular complexity index is 578. The van der Waals surface area contributed by atoms with E-state index in [0.717, 1.165) is 11.0 Å². The molecule has 1 aliphatic rings. The molecule has 1 aromatic rings. The van der Waals surface area contributed by atoms with E-state index in [9.17, 15) is 22.8 Å². The zero-order valence-corrected chi connectivity index (χ0v) is 11.5. The van der Waals surface area contributed by atoms with Crippen LogP contribution in [0.2, 0.25) is 0 Å². The number of amides is 2. The maximum atomic E-state index is 13.8. The molecule has 1 unspecified atom stereocenters. The second-order valence-electron chi connectivity index (χ2n) is 4.87. The van der Waals surface area contributed by atoms with Crippen LogP contribution in [0.1, 0.15) is 26.2 Å². The van der Waals surface area contributed by atoms with Gasteiger partial charge in [-0.15, -0.1) is 0 Å². The topological polar surface area (TPSA) is 49.4 Å². The molecule has 0 spiro atoms. The molecule has 1 heterocycles. The van der Waals surface area contributed by atoms with Crippen LogP contribution in [0, 0.1) is 17.5 Å². The van der Waals surface area contributed by atoms with Crippen LogP contribution in [0.15, 0.2) is 12.1 Å². The molecule has 2 rings (SSSR count). The fourth-order valence-electron chi connectivity index (χ4n) is 2.30. The minimum atomic E-state index is -1.37. The Morgan fingerprint density at radius 1 is 1.29 bits per heavy atom. The van der Waals surface area contributed by atoms with Crippen LogP contribution in [0.5, 0.6) is 0 Å². The van der Waals surface area contributed by atoms with E-state index in [0.29, 0.717) is 18.9 Å². The van der Waals surface area contributed by atoms with E-state index in [1.54, 1.807) is 0 Å². The van der Waals surface area contributed by atoms with Gasteiger partial charge in [0.05, 0.1) is 5.69 Å². The normalized spacial score (nSPS) is 19.4. The van der Waals surface area contributed by atoms with Gasteiger partial charge in [-0.3, -0.25) is 9.59 Å². The minimum absolute atomic E-state index is 0.0521. The molecule has 4 nitrogen and oxygen atoms in total. The number of hydrogen-bond donors (Lipinski definition) is 1. The van der Waals surface area contributed by atoms with Crippen LogP contribution in [0.25, 0.3) is 0 Å². The lowest BCUT2D eigenvalue weighted by Gasteiger charge is -2.24. The maximum absolute atomic E-state index is 13.8. The van der Waals surface area contributed by atoms with Gasteiger partial charge in [0.2, 0.25) is 11.8 Å². The Balaban J connectivity index is 2.41. The van der Waals surface area contributed by atoms with Crippen LogP contribution in [-0.4, -0.2) is 24.4 Å². The fraction of sp³-hybridized carbons (Fsp3) is 0.429. The maximum Gasteiger partial charge on any atom is 0.249 e. The van der Waals surface area contributed by atoms with Gasteiger partial charge in [-0.1, -0.05) is 13.3 Å². The Hall–Kier alpha value is -2.05. The third-order valence-corrected chi connectivity index (χ3v) is 3.30. The summed E-state index contributed by atoms with van der Waals surface area (Å²) in [6.07, 6.45) is 0.953. The molecular weight excluding hydrogens is 285 g/mol. The number of rotatable bonds is 3. The predicted octanol–water partition coefficient (Wildman–Crippen LogP) is 2.13. The van der Waals surface area contributed by atoms with Crippen LogP contribution >= 0.6 is 0 Å². The molecule has 7 heteroatoms. The van der Waals surface area contributed by atoms with Crippen molar-refractivity contribution in [2.45, 2.75) is 32.2 Å². The first-order chi connectivity index (χ1) is 9.93. The Morgan fingerprint density at radius 3 is 2.67 bits per heavy atom. The first-order valence-corrected chi connectivity index (χ1v) is 6.69. The van der Waals surface area contributed by atoms with Crippen molar-refractivity contribution in [3.8, 4) is 0 Å². The van der Waals surface area contributed by atoms with Crippen LogP contribution in [0.3, 0.4) is 0 Å². The van der Waals surface area contributed by atoms with Crippen molar-refractivity contribution in [3.63, 3.8) is 0 Å². The molecule has 1 atom stereocenters. The van der Waals surface area contributed by atoms with Crippen molar-refractivity contribution in [2.24, 2.45) is 0 Å². The summed E-state index contributed by atoms with van der Waals surface area (Å²) in [5.74, 6) is -4.55. The van der Waals surface area contributed by atoms with Crippen LogP contribution in [-0.2, 0) is 9.59 Å². The molecule has 1 N–H and O–H groups in total. The van der Waals surface area contributed by atoms with E-state index in [1.807, 2.05) is 6.92 Å². The molecular formula is C14H15F3N2O2. The Morgan fingerprint density at radius 2 is 2.00 bits per heavy atom. The summed E-state index contributed by atoms with van der Waals surface area (Å²) >= 11 is 0. The highest BCUT2D eigenvalue weighted by atomic mass is 19.2. The zero-order valence-electron chi connectivity index (χ0n) is 11.5. The summed E-state index contributed by atoms with van der Waals surface area (Å²) in [6.45, 7) is 1.71. The molecule has 114 valence electrons. The molecule has 1 aliphatic heterocycles. The number of nitrogens with one attached hydrogen (secondary N) is 1.